The number of hydrogen-bond acceptors (Lipinski definition) is 3. The fraction of sp³-hybridized carbons (Fsp3) is 0.571. The largest absolute Gasteiger partial charge is 0.350 e. The van der Waals surface area contributed by atoms with E-state index >= 15 is 0 Å². The van der Waals surface area contributed by atoms with Gasteiger partial charge in [-0.3, -0.25) is 0 Å². The Morgan fingerprint density at radius 3 is 2.57 bits per heavy atom. The number of hydrogen-bond donors (Lipinski definition) is 1. The molecule has 3 rings (SSSR count). The first-order chi connectivity index (χ1) is 12.9. The summed E-state index contributed by atoms with van der Waals surface area (Å²) in [5, 5.41) is 12.1. The molecule has 2 heterocycles. The third-order valence-corrected chi connectivity index (χ3v) is 5.91. The highest BCUT2D eigenvalue weighted by molar-refractivity contribution is 14.0. The van der Waals surface area contributed by atoms with Crippen LogP contribution < -0.4 is 5.32 Å². The van der Waals surface area contributed by atoms with Crippen LogP contribution in [-0.2, 0) is 13.6 Å². The van der Waals surface area contributed by atoms with Crippen LogP contribution in [0, 0.1) is 12.3 Å². The molecule has 1 aliphatic heterocycles. The Morgan fingerprint density at radius 1 is 1.29 bits per heavy atom. The molecule has 0 spiro atoms. The molecule has 0 aliphatic carbocycles. The van der Waals surface area contributed by atoms with Gasteiger partial charge in [0.15, 0.2) is 11.8 Å². The van der Waals surface area contributed by atoms with E-state index in [-0.39, 0.29) is 30.0 Å². The number of likely N-dealkylation sites (tertiary alicyclic amines) is 1. The van der Waals surface area contributed by atoms with Gasteiger partial charge in [0.1, 0.15) is 12.4 Å². The summed E-state index contributed by atoms with van der Waals surface area (Å²) in [6.07, 6.45) is 2.39. The number of halogens is 1. The molecule has 2 unspecified atom stereocenters. The minimum atomic E-state index is 0. The lowest BCUT2D eigenvalue weighted by Gasteiger charge is -2.28. The minimum Gasteiger partial charge on any atom is -0.350 e. The summed E-state index contributed by atoms with van der Waals surface area (Å²) in [5.74, 6) is 2.76. The number of aromatic nitrogens is 3. The molecule has 0 bridgehead atoms. The molecule has 1 N–H and O–H groups in total. The van der Waals surface area contributed by atoms with Gasteiger partial charge >= 0.3 is 0 Å². The molecule has 1 fully saturated rings. The summed E-state index contributed by atoms with van der Waals surface area (Å²) in [6.45, 7) is 11.4. The van der Waals surface area contributed by atoms with Gasteiger partial charge in [0.25, 0.3) is 0 Å². The van der Waals surface area contributed by atoms with E-state index in [0.29, 0.717) is 12.0 Å². The van der Waals surface area contributed by atoms with Crippen molar-refractivity contribution in [3.8, 4) is 0 Å². The third-order valence-electron chi connectivity index (χ3n) is 5.91. The maximum absolute atomic E-state index is 4.92. The summed E-state index contributed by atoms with van der Waals surface area (Å²) in [4.78, 5) is 7.32. The molecule has 154 valence electrons. The number of guanidine groups is 1. The molecule has 2 atom stereocenters. The Hall–Kier alpha value is -1.64. The van der Waals surface area contributed by atoms with Crippen LogP contribution in [0.1, 0.15) is 56.9 Å². The van der Waals surface area contributed by atoms with Crippen LogP contribution in [0.5, 0.6) is 0 Å². The normalized spacial score (nSPS) is 20.8. The van der Waals surface area contributed by atoms with Gasteiger partial charge < -0.3 is 14.8 Å². The van der Waals surface area contributed by atoms with Crippen LogP contribution in [0.3, 0.4) is 0 Å². The molecule has 6 nitrogen and oxygen atoms in total. The lowest BCUT2D eigenvalue weighted by atomic mass is 9.87. The Bertz CT molecular complexity index is 787. The Labute approximate surface area is 185 Å². The number of aryl methyl sites for hydroxylation is 1. The molecule has 1 aromatic carbocycles. The summed E-state index contributed by atoms with van der Waals surface area (Å²) in [5.41, 5.74) is 1.62. The molecular weight excluding hydrogens is 463 g/mol. The highest BCUT2D eigenvalue weighted by Crippen LogP contribution is 2.33. The number of rotatable bonds is 5. The summed E-state index contributed by atoms with van der Waals surface area (Å²) in [7, 11) is 1.99. The Balaban J connectivity index is 0.00000280. The van der Waals surface area contributed by atoms with E-state index in [1.807, 2.05) is 18.5 Å². The second kappa shape index (κ2) is 9.71. The summed E-state index contributed by atoms with van der Waals surface area (Å²) < 4.78 is 2.00. The zero-order chi connectivity index (χ0) is 19.4. The molecule has 7 heteroatoms. The number of nitrogens with one attached hydrogen (secondary N) is 1. The van der Waals surface area contributed by atoms with Crippen molar-refractivity contribution in [3.05, 3.63) is 47.5 Å². The quantitative estimate of drug-likeness (QED) is 0.385. The SMILES string of the molecule is CCC1(C)CCN(C(=NCc2nnc(C)n2C)NC(C)c2ccccc2)C1.I. The van der Waals surface area contributed by atoms with Crippen molar-refractivity contribution in [1.82, 2.24) is 25.0 Å². The van der Waals surface area contributed by atoms with E-state index in [4.69, 9.17) is 4.99 Å². The number of benzene rings is 1. The lowest BCUT2D eigenvalue weighted by Crippen LogP contribution is -2.42. The smallest absolute Gasteiger partial charge is 0.194 e. The Kier molecular flexibility index (Phi) is 7.86. The van der Waals surface area contributed by atoms with Crippen LogP contribution in [0.25, 0.3) is 0 Å². The molecule has 1 aliphatic rings. The second-order valence-electron chi connectivity index (χ2n) is 7.97. The average Bonchev–Trinajstić information content (AvgIpc) is 3.23. The molecule has 1 aromatic heterocycles. The average molecular weight is 496 g/mol. The van der Waals surface area contributed by atoms with E-state index in [9.17, 15) is 0 Å². The number of aliphatic imine (C=N–C) groups is 1. The predicted octanol–water partition coefficient (Wildman–Crippen LogP) is 4.07. The molecule has 1 saturated heterocycles. The van der Waals surface area contributed by atoms with Crippen LogP contribution in [0.2, 0.25) is 0 Å². The van der Waals surface area contributed by atoms with Gasteiger partial charge in [-0.2, -0.15) is 0 Å². The Morgan fingerprint density at radius 2 is 2.00 bits per heavy atom. The van der Waals surface area contributed by atoms with Gasteiger partial charge in [0, 0.05) is 20.1 Å². The van der Waals surface area contributed by atoms with E-state index in [0.717, 1.165) is 30.7 Å². The summed E-state index contributed by atoms with van der Waals surface area (Å²) in [6, 6.07) is 10.7. The highest BCUT2D eigenvalue weighted by Gasteiger charge is 2.34. The molecule has 2 aromatic rings. The summed E-state index contributed by atoms with van der Waals surface area (Å²) >= 11 is 0. The first-order valence-electron chi connectivity index (χ1n) is 9.87. The first kappa shape index (κ1) is 22.6. The van der Waals surface area contributed by atoms with Crippen LogP contribution >= 0.6 is 24.0 Å². The monoisotopic (exact) mass is 496 g/mol. The van der Waals surface area contributed by atoms with Gasteiger partial charge in [-0.25, -0.2) is 4.99 Å². The third kappa shape index (κ3) is 5.24. The molecule has 0 saturated carbocycles. The standard InChI is InChI=1S/C21H32N6.HI/c1-6-21(4)12-13-27(15-21)20(22-14-19-25-24-17(3)26(19)5)23-16(2)18-10-8-7-9-11-18;/h7-11,16H,6,12-15H2,1-5H3,(H,22,23);1H. The van der Waals surface area contributed by atoms with Gasteiger partial charge in [0.2, 0.25) is 0 Å². The lowest BCUT2D eigenvalue weighted by molar-refractivity contribution is 0.320. The zero-order valence-corrected chi connectivity index (χ0v) is 20.0. The van der Waals surface area contributed by atoms with Crippen LogP contribution in [0.4, 0.5) is 0 Å². The molecular formula is C21H33IN6. The van der Waals surface area contributed by atoms with E-state index in [1.165, 1.54) is 18.4 Å². The van der Waals surface area contributed by atoms with E-state index in [1.54, 1.807) is 0 Å². The molecule has 0 amide bonds. The molecule has 28 heavy (non-hydrogen) atoms. The van der Waals surface area contributed by atoms with Crippen molar-refractivity contribution in [2.75, 3.05) is 13.1 Å². The fourth-order valence-electron chi connectivity index (χ4n) is 3.48. The topological polar surface area (TPSA) is 58.3 Å². The highest BCUT2D eigenvalue weighted by atomic mass is 127. The second-order valence-corrected chi connectivity index (χ2v) is 7.97. The van der Waals surface area contributed by atoms with Crippen molar-refractivity contribution in [2.24, 2.45) is 17.5 Å². The maximum atomic E-state index is 4.92. The van der Waals surface area contributed by atoms with Gasteiger partial charge in [-0.15, -0.1) is 34.2 Å². The van der Waals surface area contributed by atoms with Crippen molar-refractivity contribution in [3.63, 3.8) is 0 Å². The van der Waals surface area contributed by atoms with Crippen molar-refractivity contribution in [2.45, 2.75) is 53.1 Å². The minimum absolute atomic E-state index is 0. The zero-order valence-electron chi connectivity index (χ0n) is 17.6. The van der Waals surface area contributed by atoms with E-state index < -0.39 is 0 Å². The van der Waals surface area contributed by atoms with Crippen LogP contribution in [-0.4, -0.2) is 38.7 Å². The first-order valence-corrected chi connectivity index (χ1v) is 9.87. The van der Waals surface area contributed by atoms with Crippen molar-refractivity contribution in [1.29, 1.82) is 0 Å². The fourth-order valence-corrected chi connectivity index (χ4v) is 3.48. The van der Waals surface area contributed by atoms with Crippen molar-refractivity contribution >= 4 is 29.9 Å². The van der Waals surface area contributed by atoms with E-state index in [2.05, 4.69) is 71.5 Å². The molecule has 0 radical (unpaired) electrons. The number of nitrogens with zero attached hydrogens (tertiary/aromatic N) is 5. The van der Waals surface area contributed by atoms with Gasteiger partial charge in [-0.05, 0) is 37.7 Å². The van der Waals surface area contributed by atoms with Crippen LogP contribution in [0.15, 0.2) is 35.3 Å². The van der Waals surface area contributed by atoms with Crippen molar-refractivity contribution < 1.29 is 0 Å². The van der Waals surface area contributed by atoms with Gasteiger partial charge in [0.05, 0.1) is 6.04 Å². The van der Waals surface area contributed by atoms with Gasteiger partial charge in [-0.1, -0.05) is 44.2 Å². The maximum Gasteiger partial charge on any atom is 0.194 e. The predicted molar refractivity (Wildman–Crippen MR) is 125 cm³/mol.